The fraction of sp³-hybridized carbons (Fsp3) is 0.667. The molecular weight excluding hydrogens is 372 g/mol. The second-order valence-corrected chi connectivity index (χ2v) is 10.1. The van der Waals surface area contributed by atoms with E-state index < -0.39 is 5.60 Å². The molecule has 0 radical (unpaired) electrons. The maximum Gasteiger partial charge on any atom is 0.410 e. The van der Waals surface area contributed by atoms with Gasteiger partial charge in [0.2, 0.25) is 0 Å². The van der Waals surface area contributed by atoms with E-state index in [-0.39, 0.29) is 6.09 Å². The number of anilines is 1. The molecule has 1 aliphatic carbocycles. The first kappa shape index (κ1) is 19.4. The summed E-state index contributed by atoms with van der Waals surface area (Å²) in [6.45, 7) is 8.36. The maximum absolute atomic E-state index is 12.3. The summed E-state index contributed by atoms with van der Waals surface area (Å²) in [5, 5.41) is 1.28. The van der Waals surface area contributed by atoms with Crippen molar-refractivity contribution in [3.63, 3.8) is 0 Å². The molecule has 2 aromatic rings. The van der Waals surface area contributed by atoms with Gasteiger partial charge in [0.25, 0.3) is 0 Å². The van der Waals surface area contributed by atoms with E-state index in [0.717, 1.165) is 43.0 Å². The predicted molar refractivity (Wildman–Crippen MR) is 113 cm³/mol. The summed E-state index contributed by atoms with van der Waals surface area (Å²) in [5.41, 5.74) is 1.01. The van der Waals surface area contributed by atoms with E-state index in [2.05, 4.69) is 9.88 Å². The SMILES string of the molecule is CN(CC1CCCN(c2ncnc3sc4c(c23)CCC4)C1)C(=O)OC(C)(C)C. The first-order valence-corrected chi connectivity index (χ1v) is 11.1. The summed E-state index contributed by atoms with van der Waals surface area (Å²) in [6.07, 6.45) is 7.27. The average molecular weight is 403 g/mol. The molecular formula is C21H30N4O2S. The third kappa shape index (κ3) is 3.95. The van der Waals surface area contributed by atoms with Crippen molar-refractivity contribution in [1.82, 2.24) is 14.9 Å². The second-order valence-electron chi connectivity index (χ2n) is 9.05. The first-order chi connectivity index (χ1) is 13.3. The van der Waals surface area contributed by atoms with Crippen LogP contribution in [0.25, 0.3) is 10.2 Å². The van der Waals surface area contributed by atoms with E-state index in [1.54, 1.807) is 11.2 Å². The molecule has 0 spiro atoms. The van der Waals surface area contributed by atoms with Crippen molar-refractivity contribution in [2.45, 2.75) is 58.5 Å². The number of aryl methyl sites for hydroxylation is 2. The van der Waals surface area contributed by atoms with Crippen LogP contribution in [0, 0.1) is 5.92 Å². The van der Waals surface area contributed by atoms with E-state index in [1.165, 1.54) is 28.7 Å². The van der Waals surface area contributed by atoms with Crippen LogP contribution < -0.4 is 4.90 Å². The zero-order chi connectivity index (χ0) is 19.9. The van der Waals surface area contributed by atoms with Crippen molar-refractivity contribution in [3.8, 4) is 0 Å². The van der Waals surface area contributed by atoms with Crippen LogP contribution in [-0.4, -0.2) is 53.2 Å². The Morgan fingerprint density at radius 3 is 2.93 bits per heavy atom. The van der Waals surface area contributed by atoms with Gasteiger partial charge in [-0.15, -0.1) is 11.3 Å². The largest absolute Gasteiger partial charge is 0.444 e. The molecule has 3 heterocycles. The van der Waals surface area contributed by atoms with Crippen molar-refractivity contribution >= 4 is 33.5 Å². The lowest BCUT2D eigenvalue weighted by Gasteiger charge is -2.36. The highest BCUT2D eigenvalue weighted by molar-refractivity contribution is 7.19. The van der Waals surface area contributed by atoms with E-state index in [0.29, 0.717) is 12.5 Å². The fourth-order valence-electron chi connectivity index (χ4n) is 4.36. The molecule has 1 atom stereocenters. The number of amides is 1. The Morgan fingerprint density at radius 1 is 1.32 bits per heavy atom. The molecule has 4 rings (SSSR count). The highest BCUT2D eigenvalue weighted by Crippen LogP contribution is 2.40. The standard InChI is InChI=1S/C21H30N4O2S/c1-21(2,3)27-20(26)24(4)11-14-7-6-10-25(12-14)18-17-15-8-5-9-16(15)28-19(17)23-13-22-18/h13-14H,5-12H2,1-4H3. The topological polar surface area (TPSA) is 58.6 Å². The molecule has 1 fully saturated rings. The van der Waals surface area contributed by atoms with E-state index >= 15 is 0 Å². The molecule has 152 valence electrons. The first-order valence-electron chi connectivity index (χ1n) is 10.3. The second kappa shape index (κ2) is 7.50. The Kier molecular flexibility index (Phi) is 5.21. The summed E-state index contributed by atoms with van der Waals surface area (Å²) in [7, 11) is 1.83. The smallest absolute Gasteiger partial charge is 0.410 e. The Labute approximate surface area is 170 Å². The number of ether oxygens (including phenoxy) is 1. The van der Waals surface area contributed by atoms with Crippen LogP contribution in [0.3, 0.4) is 0 Å². The van der Waals surface area contributed by atoms with Crippen LogP contribution in [0.15, 0.2) is 6.33 Å². The number of rotatable bonds is 3. The minimum atomic E-state index is -0.462. The predicted octanol–water partition coefficient (Wildman–Crippen LogP) is 4.26. The molecule has 1 unspecified atom stereocenters. The summed E-state index contributed by atoms with van der Waals surface area (Å²) in [5.74, 6) is 1.51. The maximum atomic E-state index is 12.3. The molecule has 0 bridgehead atoms. The number of hydrogen-bond acceptors (Lipinski definition) is 6. The lowest BCUT2D eigenvalue weighted by Crippen LogP contribution is -2.43. The molecule has 7 heteroatoms. The zero-order valence-electron chi connectivity index (χ0n) is 17.3. The minimum absolute atomic E-state index is 0.246. The third-order valence-electron chi connectivity index (χ3n) is 5.54. The summed E-state index contributed by atoms with van der Waals surface area (Å²) in [6, 6.07) is 0. The number of nitrogens with zero attached hydrogens (tertiary/aromatic N) is 4. The monoisotopic (exact) mass is 402 g/mol. The molecule has 1 amide bonds. The normalized spacial score (nSPS) is 19.7. The van der Waals surface area contributed by atoms with Crippen LogP contribution in [-0.2, 0) is 17.6 Å². The van der Waals surface area contributed by atoms with Gasteiger partial charge in [0.15, 0.2) is 0 Å². The van der Waals surface area contributed by atoms with Crippen LogP contribution in [0.5, 0.6) is 0 Å². The molecule has 1 aliphatic heterocycles. The van der Waals surface area contributed by atoms with E-state index in [1.807, 2.05) is 39.2 Å². The number of thiophene rings is 1. The molecule has 0 N–H and O–H groups in total. The number of piperidine rings is 1. The van der Waals surface area contributed by atoms with Crippen LogP contribution in [0.4, 0.5) is 10.6 Å². The minimum Gasteiger partial charge on any atom is -0.444 e. The Morgan fingerprint density at radius 2 is 2.14 bits per heavy atom. The summed E-state index contributed by atoms with van der Waals surface area (Å²) >= 11 is 1.84. The van der Waals surface area contributed by atoms with Crippen molar-refractivity contribution in [3.05, 3.63) is 16.8 Å². The van der Waals surface area contributed by atoms with Gasteiger partial charge in [-0.25, -0.2) is 14.8 Å². The van der Waals surface area contributed by atoms with Crippen LogP contribution in [0.2, 0.25) is 0 Å². The quantitative estimate of drug-likeness (QED) is 0.768. The number of aromatic nitrogens is 2. The van der Waals surface area contributed by atoms with Gasteiger partial charge in [-0.05, 0) is 64.4 Å². The van der Waals surface area contributed by atoms with Gasteiger partial charge in [-0.3, -0.25) is 0 Å². The highest BCUT2D eigenvalue weighted by Gasteiger charge is 2.29. The molecule has 2 aliphatic rings. The lowest BCUT2D eigenvalue weighted by molar-refractivity contribution is 0.0269. The van der Waals surface area contributed by atoms with Gasteiger partial charge in [0, 0.05) is 31.6 Å². The molecule has 1 saturated heterocycles. The third-order valence-corrected chi connectivity index (χ3v) is 6.74. The molecule has 0 saturated carbocycles. The van der Waals surface area contributed by atoms with E-state index in [4.69, 9.17) is 9.72 Å². The van der Waals surface area contributed by atoms with Gasteiger partial charge in [0.05, 0.1) is 5.39 Å². The number of carbonyl (C=O) groups excluding carboxylic acids is 1. The van der Waals surface area contributed by atoms with Crippen molar-refractivity contribution in [2.24, 2.45) is 5.92 Å². The highest BCUT2D eigenvalue weighted by atomic mass is 32.1. The molecule has 28 heavy (non-hydrogen) atoms. The Hall–Kier alpha value is -1.89. The summed E-state index contributed by atoms with van der Waals surface area (Å²) in [4.78, 5) is 28.3. The van der Waals surface area contributed by atoms with Crippen molar-refractivity contribution in [1.29, 1.82) is 0 Å². The van der Waals surface area contributed by atoms with E-state index in [9.17, 15) is 4.79 Å². The number of carbonyl (C=O) groups is 1. The zero-order valence-corrected chi connectivity index (χ0v) is 18.1. The van der Waals surface area contributed by atoms with Gasteiger partial charge >= 0.3 is 6.09 Å². The van der Waals surface area contributed by atoms with Gasteiger partial charge < -0.3 is 14.5 Å². The Bertz CT molecular complexity index is 873. The molecule has 2 aromatic heterocycles. The average Bonchev–Trinajstić information content (AvgIpc) is 3.21. The lowest BCUT2D eigenvalue weighted by atomic mass is 9.97. The van der Waals surface area contributed by atoms with Crippen LogP contribution in [0.1, 0.15) is 50.5 Å². The van der Waals surface area contributed by atoms with Gasteiger partial charge in [0.1, 0.15) is 22.6 Å². The van der Waals surface area contributed by atoms with Crippen molar-refractivity contribution in [2.75, 3.05) is 31.6 Å². The van der Waals surface area contributed by atoms with Gasteiger partial charge in [-0.2, -0.15) is 0 Å². The fourth-order valence-corrected chi connectivity index (χ4v) is 5.58. The Balaban J connectivity index is 1.49. The van der Waals surface area contributed by atoms with Crippen LogP contribution >= 0.6 is 11.3 Å². The number of hydrogen-bond donors (Lipinski definition) is 0. The molecule has 0 aromatic carbocycles. The van der Waals surface area contributed by atoms with Crippen molar-refractivity contribution < 1.29 is 9.53 Å². The number of fused-ring (bicyclic) bond motifs is 3. The van der Waals surface area contributed by atoms with Gasteiger partial charge in [-0.1, -0.05) is 0 Å². The summed E-state index contributed by atoms with van der Waals surface area (Å²) < 4.78 is 5.50. The molecule has 6 nitrogen and oxygen atoms in total.